The number of nitrogens with zero attached hydrogens (tertiary/aromatic N) is 1. The van der Waals surface area contributed by atoms with Gasteiger partial charge in [-0.1, -0.05) is 13.8 Å². The summed E-state index contributed by atoms with van der Waals surface area (Å²) < 4.78 is 4.99. The van der Waals surface area contributed by atoms with Crippen molar-refractivity contribution in [2.24, 2.45) is 5.41 Å². The van der Waals surface area contributed by atoms with Crippen LogP contribution in [0, 0.1) is 5.41 Å². The molecule has 4 nitrogen and oxygen atoms in total. The lowest BCUT2D eigenvalue weighted by atomic mass is 9.92. The Hall–Kier alpha value is -0.900. The van der Waals surface area contributed by atoms with Crippen LogP contribution in [0.25, 0.3) is 0 Å². The molecule has 0 bridgehead atoms. The maximum atomic E-state index is 11.7. The van der Waals surface area contributed by atoms with Crippen molar-refractivity contribution in [1.82, 2.24) is 4.90 Å². The van der Waals surface area contributed by atoms with Crippen LogP contribution < -0.4 is 0 Å². The molecule has 2 aliphatic rings. The van der Waals surface area contributed by atoms with E-state index < -0.39 is 5.41 Å². The number of amides is 2. The molecule has 72 valence electrons. The summed E-state index contributed by atoms with van der Waals surface area (Å²) in [4.78, 5) is 24.4. The zero-order chi connectivity index (χ0) is 9.64. The molecule has 2 amide bonds. The lowest BCUT2D eigenvalue weighted by Gasteiger charge is -2.16. The van der Waals surface area contributed by atoms with Crippen molar-refractivity contribution in [1.29, 1.82) is 0 Å². The molecule has 4 heteroatoms. The molecule has 0 N–H and O–H groups in total. The molecule has 1 atom stereocenters. The van der Waals surface area contributed by atoms with Crippen LogP contribution in [0.4, 0.5) is 0 Å². The maximum Gasteiger partial charge on any atom is 0.235 e. The van der Waals surface area contributed by atoms with Gasteiger partial charge in [0, 0.05) is 6.42 Å². The first-order valence-corrected chi connectivity index (χ1v) is 4.47. The highest BCUT2D eigenvalue weighted by Gasteiger charge is 2.46. The van der Waals surface area contributed by atoms with E-state index in [1.165, 1.54) is 4.90 Å². The van der Waals surface area contributed by atoms with E-state index in [9.17, 15) is 9.59 Å². The quantitative estimate of drug-likeness (QED) is 0.453. The summed E-state index contributed by atoms with van der Waals surface area (Å²) >= 11 is 0. The fourth-order valence-corrected chi connectivity index (χ4v) is 1.59. The summed E-state index contributed by atoms with van der Waals surface area (Å²) in [5, 5.41) is 0. The average molecular weight is 183 g/mol. The minimum absolute atomic E-state index is 0.0620. The number of epoxide rings is 1. The Labute approximate surface area is 76.8 Å². The van der Waals surface area contributed by atoms with Crippen LogP contribution in [0.15, 0.2) is 0 Å². The molecule has 0 aliphatic carbocycles. The van der Waals surface area contributed by atoms with Crippen molar-refractivity contribution in [2.75, 3.05) is 13.2 Å². The zero-order valence-electron chi connectivity index (χ0n) is 7.87. The Kier molecular flexibility index (Phi) is 1.70. The van der Waals surface area contributed by atoms with Gasteiger partial charge in [0.1, 0.15) is 0 Å². The number of carbonyl (C=O) groups excluding carboxylic acids is 2. The molecule has 0 spiro atoms. The summed E-state index contributed by atoms with van der Waals surface area (Å²) in [6, 6.07) is 0. The molecular weight excluding hydrogens is 170 g/mol. The molecule has 2 rings (SSSR count). The molecule has 13 heavy (non-hydrogen) atoms. The van der Waals surface area contributed by atoms with Gasteiger partial charge in [0.05, 0.1) is 24.7 Å². The molecule has 0 saturated carbocycles. The van der Waals surface area contributed by atoms with Gasteiger partial charge in [-0.3, -0.25) is 14.5 Å². The molecule has 2 heterocycles. The van der Waals surface area contributed by atoms with Gasteiger partial charge >= 0.3 is 0 Å². The molecule has 0 aromatic heterocycles. The van der Waals surface area contributed by atoms with Gasteiger partial charge in [-0.05, 0) is 0 Å². The van der Waals surface area contributed by atoms with Gasteiger partial charge in [0.2, 0.25) is 11.8 Å². The lowest BCUT2D eigenvalue weighted by molar-refractivity contribution is -0.141. The zero-order valence-corrected chi connectivity index (χ0v) is 7.87. The Morgan fingerprint density at radius 2 is 2.15 bits per heavy atom. The third kappa shape index (κ3) is 1.46. The Balaban J connectivity index is 2.09. The first-order valence-electron chi connectivity index (χ1n) is 4.47. The monoisotopic (exact) mass is 183 g/mol. The maximum absolute atomic E-state index is 11.7. The van der Waals surface area contributed by atoms with Crippen LogP contribution in [0.3, 0.4) is 0 Å². The minimum Gasteiger partial charge on any atom is -0.371 e. The molecule has 2 aliphatic heterocycles. The second-order valence-corrected chi connectivity index (χ2v) is 4.33. The molecule has 0 radical (unpaired) electrons. The highest BCUT2D eigenvalue weighted by atomic mass is 16.6. The van der Waals surface area contributed by atoms with Gasteiger partial charge < -0.3 is 4.74 Å². The second kappa shape index (κ2) is 2.54. The van der Waals surface area contributed by atoms with Gasteiger partial charge in [-0.15, -0.1) is 0 Å². The summed E-state index contributed by atoms with van der Waals surface area (Å²) in [5.74, 6) is -0.126. The van der Waals surface area contributed by atoms with Crippen LogP contribution in [-0.4, -0.2) is 36.0 Å². The number of carbonyl (C=O) groups is 2. The van der Waals surface area contributed by atoms with Gasteiger partial charge in [0.25, 0.3) is 0 Å². The van der Waals surface area contributed by atoms with Crippen molar-refractivity contribution >= 4 is 11.8 Å². The number of likely N-dealkylation sites (tertiary alicyclic amines) is 1. The molecule has 1 unspecified atom stereocenters. The SMILES string of the molecule is CC1(C)CC(=O)N(CC2CO2)C1=O. The van der Waals surface area contributed by atoms with Crippen molar-refractivity contribution in [3.63, 3.8) is 0 Å². The fraction of sp³-hybridized carbons (Fsp3) is 0.778. The average Bonchev–Trinajstić information content (AvgIpc) is 2.77. The standard InChI is InChI=1S/C9H13NO3/c1-9(2)3-7(11)10(8(9)12)4-6-5-13-6/h6H,3-5H2,1-2H3. The van der Waals surface area contributed by atoms with E-state index in [0.29, 0.717) is 19.6 Å². The first-order chi connectivity index (χ1) is 6.00. The van der Waals surface area contributed by atoms with Gasteiger partial charge in [0.15, 0.2) is 0 Å². The van der Waals surface area contributed by atoms with Gasteiger partial charge in [-0.2, -0.15) is 0 Å². The third-order valence-corrected chi connectivity index (χ3v) is 2.51. The van der Waals surface area contributed by atoms with Crippen LogP contribution in [0.2, 0.25) is 0 Å². The Morgan fingerprint density at radius 1 is 1.54 bits per heavy atom. The van der Waals surface area contributed by atoms with Crippen molar-refractivity contribution < 1.29 is 14.3 Å². The Morgan fingerprint density at radius 3 is 2.54 bits per heavy atom. The van der Waals surface area contributed by atoms with Gasteiger partial charge in [-0.25, -0.2) is 0 Å². The summed E-state index contributed by atoms with van der Waals surface area (Å²) in [6.07, 6.45) is 0.431. The second-order valence-electron chi connectivity index (χ2n) is 4.33. The summed E-state index contributed by atoms with van der Waals surface area (Å²) in [7, 11) is 0. The van der Waals surface area contributed by atoms with Crippen LogP contribution in [0.1, 0.15) is 20.3 Å². The van der Waals surface area contributed by atoms with Crippen molar-refractivity contribution in [3.8, 4) is 0 Å². The smallest absolute Gasteiger partial charge is 0.235 e. The van der Waals surface area contributed by atoms with Crippen LogP contribution >= 0.6 is 0 Å². The predicted molar refractivity (Wildman–Crippen MR) is 44.9 cm³/mol. The molecule has 2 saturated heterocycles. The normalized spacial score (nSPS) is 31.2. The topological polar surface area (TPSA) is 49.9 Å². The number of hydrogen-bond donors (Lipinski definition) is 0. The van der Waals surface area contributed by atoms with Crippen LogP contribution in [-0.2, 0) is 14.3 Å². The summed E-state index contributed by atoms with van der Waals surface area (Å²) in [6.45, 7) is 4.74. The van der Waals surface area contributed by atoms with Crippen molar-refractivity contribution in [3.05, 3.63) is 0 Å². The number of ether oxygens (including phenoxy) is 1. The van der Waals surface area contributed by atoms with Crippen LogP contribution in [0.5, 0.6) is 0 Å². The van der Waals surface area contributed by atoms with E-state index in [1.54, 1.807) is 13.8 Å². The molecule has 0 aromatic carbocycles. The highest BCUT2D eigenvalue weighted by Crippen LogP contribution is 2.32. The fourth-order valence-electron chi connectivity index (χ4n) is 1.59. The largest absolute Gasteiger partial charge is 0.371 e. The minimum atomic E-state index is -0.508. The number of rotatable bonds is 2. The highest BCUT2D eigenvalue weighted by molar-refractivity contribution is 6.05. The number of hydrogen-bond acceptors (Lipinski definition) is 3. The summed E-state index contributed by atoms with van der Waals surface area (Å²) in [5.41, 5.74) is -0.508. The van der Waals surface area contributed by atoms with E-state index in [1.807, 2.05) is 0 Å². The van der Waals surface area contributed by atoms with E-state index in [2.05, 4.69) is 0 Å². The van der Waals surface area contributed by atoms with Crippen molar-refractivity contribution in [2.45, 2.75) is 26.4 Å². The van der Waals surface area contributed by atoms with E-state index in [4.69, 9.17) is 4.74 Å². The molecular formula is C9H13NO3. The number of imide groups is 1. The van der Waals surface area contributed by atoms with E-state index in [0.717, 1.165) is 0 Å². The van der Waals surface area contributed by atoms with E-state index in [-0.39, 0.29) is 17.9 Å². The molecule has 0 aromatic rings. The lowest BCUT2D eigenvalue weighted by Crippen LogP contribution is -2.35. The predicted octanol–water partition coefficient (Wildman–Crippen LogP) is 0.170. The van der Waals surface area contributed by atoms with E-state index >= 15 is 0 Å². The molecule has 2 fully saturated rings. The first kappa shape index (κ1) is 8.69. The third-order valence-electron chi connectivity index (χ3n) is 2.51. The Bertz CT molecular complexity index is 268.